The van der Waals surface area contributed by atoms with E-state index in [9.17, 15) is 9.59 Å². The van der Waals surface area contributed by atoms with Crippen LogP contribution in [0.15, 0.2) is 48.7 Å². The molecule has 0 N–H and O–H groups in total. The van der Waals surface area contributed by atoms with Gasteiger partial charge in [-0.25, -0.2) is 0 Å². The number of hydrogen-bond acceptors (Lipinski definition) is 4. The maximum Gasteiger partial charge on any atom is 0.272 e. The predicted octanol–water partition coefficient (Wildman–Crippen LogP) is 2.40. The number of carbonyl (C=O) groups is 2. The Bertz CT molecular complexity index is 762. The first kappa shape index (κ1) is 18.9. The fraction of sp³-hybridized carbons (Fsp3) is 0.381. The molecule has 6 nitrogen and oxygen atoms in total. The molecular formula is C21H25N3O3. The van der Waals surface area contributed by atoms with Crippen LogP contribution in [0.4, 0.5) is 0 Å². The van der Waals surface area contributed by atoms with Crippen LogP contribution in [0, 0.1) is 0 Å². The molecule has 0 saturated carbocycles. The van der Waals surface area contributed by atoms with E-state index in [0.717, 1.165) is 17.7 Å². The zero-order valence-corrected chi connectivity index (χ0v) is 15.6. The van der Waals surface area contributed by atoms with Crippen molar-refractivity contribution in [1.82, 2.24) is 14.8 Å². The van der Waals surface area contributed by atoms with E-state index in [1.165, 1.54) is 0 Å². The van der Waals surface area contributed by atoms with Crippen LogP contribution >= 0.6 is 0 Å². The highest BCUT2D eigenvalue weighted by Crippen LogP contribution is 2.14. The van der Waals surface area contributed by atoms with Crippen molar-refractivity contribution in [2.75, 3.05) is 32.8 Å². The van der Waals surface area contributed by atoms with Crippen molar-refractivity contribution in [2.45, 2.75) is 19.8 Å². The first-order valence-electron chi connectivity index (χ1n) is 9.37. The summed E-state index contributed by atoms with van der Waals surface area (Å²) in [5.74, 6) is 0.829. The first-order valence-corrected chi connectivity index (χ1v) is 9.37. The molecule has 3 rings (SSSR count). The summed E-state index contributed by atoms with van der Waals surface area (Å²) >= 11 is 0. The number of carbonyl (C=O) groups excluding carboxylic acids is 2. The van der Waals surface area contributed by atoms with Crippen LogP contribution in [0.25, 0.3) is 0 Å². The molecule has 1 saturated heterocycles. The van der Waals surface area contributed by atoms with E-state index in [0.29, 0.717) is 44.9 Å². The first-order chi connectivity index (χ1) is 13.2. The molecule has 142 valence electrons. The van der Waals surface area contributed by atoms with Crippen molar-refractivity contribution < 1.29 is 14.3 Å². The highest BCUT2D eigenvalue weighted by atomic mass is 16.5. The second-order valence-corrected chi connectivity index (χ2v) is 6.50. The quantitative estimate of drug-likeness (QED) is 0.814. The Kier molecular flexibility index (Phi) is 6.41. The Morgan fingerprint density at radius 3 is 2.44 bits per heavy atom. The van der Waals surface area contributed by atoms with E-state index in [2.05, 4.69) is 4.98 Å². The topological polar surface area (TPSA) is 62.7 Å². The van der Waals surface area contributed by atoms with E-state index in [1.54, 1.807) is 23.2 Å². The summed E-state index contributed by atoms with van der Waals surface area (Å²) in [6.07, 6.45) is 2.76. The van der Waals surface area contributed by atoms with Gasteiger partial charge in [0.25, 0.3) is 5.91 Å². The highest BCUT2D eigenvalue weighted by molar-refractivity contribution is 5.92. The molecule has 0 radical (unpaired) electrons. The normalized spacial score (nSPS) is 14.6. The zero-order valence-electron chi connectivity index (χ0n) is 15.6. The van der Waals surface area contributed by atoms with Crippen molar-refractivity contribution in [1.29, 1.82) is 0 Å². The Balaban J connectivity index is 1.55. The Morgan fingerprint density at radius 2 is 1.74 bits per heavy atom. The van der Waals surface area contributed by atoms with Gasteiger partial charge in [-0.1, -0.05) is 18.2 Å². The lowest BCUT2D eigenvalue weighted by Gasteiger charge is -2.22. The number of ether oxygens (including phenoxy) is 1. The van der Waals surface area contributed by atoms with Gasteiger partial charge in [0.1, 0.15) is 11.4 Å². The molecule has 1 aromatic heterocycles. The lowest BCUT2D eigenvalue weighted by Crippen LogP contribution is -2.38. The summed E-state index contributed by atoms with van der Waals surface area (Å²) in [6, 6.07) is 13.0. The lowest BCUT2D eigenvalue weighted by molar-refractivity contribution is -0.130. The smallest absolute Gasteiger partial charge is 0.272 e. The second-order valence-electron chi connectivity index (χ2n) is 6.50. The zero-order chi connectivity index (χ0) is 19.1. The Labute approximate surface area is 159 Å². The molecule has 1 aliphatic rings. The summed E-state index contributed by atoms with van der Waals surface area (Å²) in [5.41, 5.74) is 1.42. The largest absolute Gasteiger partial charge is 0.494 e. The van der Waals surface area contributed by atoms with Gasteiger partial charge in [-0.2, -0.15) is 0 Å². The summed E-state index contributed by atoms with van der Waals surface area (Å²) in [6.45, 7) is 4.96. The fourth-order valence-corrected chi connectivity index (χ4v) is 3.18. The third kappa shape index (κ3) is 5.06. The van der Waals surface area contributed by atoms with Gasteiger partial charge in [0.15, 0.2) is 0 Å². The van der Waals surface area contributed by atoms with Crippen molar-refractivity contribution in [3.63, 3.8) is 0 Å². The molecule has 0 aliphatic carbocycles. The average molecular weight is 367 g/mol. The number of aromatic nitrogens is 1. The average Bonchev–Trinajstić information content (AvgIpc) is 2.96. The summed E-state index contributed by atoms with van der Waals surface area (Å²) in [5, 5.41) is 0. The molecule has 0 bridgehead atoms. The number of benzene rings is 1. The molecule has 1 aliphatic heterocycles. The minimum Gasteiger partial charge on any atom is -0.494 e. The molecule has 2 aromatic rings. The number of pyridine rings is 1. The van der Waals surface area contributed by atoms with Crippen molar-refractivity contribution in [2.24, 2.45) is 0 Å². The van der Waals surface area contributed by atoms with Gasteiger partial charge in [0, 0.05) is 32.4 Å². The van der Waals surface area contributed by atoms with Crippen LogP contribution < -0.4 is 4.74 Å². The van der Waals surface area contributed by atoms with Crippen molar-refractivity contribution >= 4 is 11.8 Å². The van der Waals surface area contributed by atoms with Crippen molar-refractivity contribution in [3.05, 3.63) is 59.9 Å². The standard InChI is InChI=1S/C21H25N3O3/c1-2-27-18-9-7-17(8-10-18)16-20(25)23-12-5-13-24(15-14-23)21(26)19-6-3-4-11-22-19/h3-4,6-11H,2,5,12-16H2,1H3. The molecule has 1 fully saturated rings. The summed E-state index contributed by atoms with van der Waals surface area (Å²) < 4.78 is 5.43. The van der Waals surface area contributed by atoms with Gasteiger partial charge in [0.05, 0.1) is 13.0 Å². The van der Waals surface area contributed by atoms with Crippen LogP contribution in [0.3, 0.4) is 0 Å². The van der Waals surface area contributed by atoms with E-state index in [-0.39, 0.29) is 11.8 Å². The second kappa shape index (κ2) is 9.16. The third-order valence-corrected chi connectivity index (χ3v) is 4.61. The predicted molar refractivity (Wildman–Crippen MR) is 103 cm³/mol. The summed E-state index contributed by atoms with van der Waals surface area (Å²) in [4.78, 5) is 33.0. The highest BCUT2D eigenvalue weighted by Gasteiger charge is 2.23. The van der Waals surface area contributed by atoms with Gasteiger partial charge >= 0.3 is 0 Å². The molecule has 0 atom stereocenters. The van der Waals surface area contributed by atoms with Crippen LogP contribution in [-0.2, 0) is 11.2 Å². The maximum absolute atomic E-state index is 12.7. The summed E-state index contributed by atoms with van der Waals surface area (Å²) in [7, 11) is 0. The molecule has 6 heteroatoms. The van der Waals surface area contributed by atoms with Gasteiger partial charge in [-0.15, -0.1) is 0 Å². The molecule has 2 amide bonds. The fourth-order valence-electron chi connectivity index (χ4n) is 3.18. The lowest BCUT2D eigenvalue weighted by atomic mass is 10.1. The molecular weight excluding hydrogens is 342 g/mol. The number of amides is 2. The van der Waals surface area contributed by atoms with Crippen LogP contribution in [0.1, 0.15) is 29.4 Å². The molecule has 1 aromatic carbocycles. The van der Waals surface area contributed by atoms with Gasteiger partial charge in [0.2, 0.25) is 5.91 Å². The van der Waals surface area contributed by atoms with Crippen LogP contribution in [0.5, 0.6) is 5.75 Å². The molecule has 0 spiro atoms. The minimum absolute atomic E-state index is 0.0728. The SMILES string of the molecule is CCOc1ccc(CC(=O)N2CCCN(C(=O)c3ccccn3)CC2)cc1. The van der Waals surface area contributed by atoms with Crippen LogP contribution in [0.2, 0.25) is 0 Å². The van der Waals surface area contributed by atoms with E-state index < -0.39 is 0 Å². The maximum atomic E-state index is 12.7. The Hall–Kier alpha value is -2.89. The van der Waals surface area contributed by atoms with E-state index in [4.69, 9.17) is 4.74 Å². The van der Waals surface area contributed by atoms with E-state index >= 15 is 0 Å². The molecule has 0 unspecified atom stereocenters. The monoisotopic (exact) mass is 367 g/mol. The number of hydrogen-bond donors (Lipinski definition) is 0. The minimum atomic E-state index is -0.0728. The van der Waals surface area contributed by atoms with Crippen LogP contribution in [-0.4, -0.2) is 59.4 Å². The third-order valence-electron chi connectivity index (χ3n) is 4.61. The van der Waals surface area contributed by atoms with E-state index in [1.807, 2.05) is 42.2 Å². The molecule has 27 heavy (non-hydrogen) atoms. The van der Waals surface area contributed by atoms with Gasteiger partial charge in [-0.3, -0.25) is 14.6 Å². The molecule has 2 heterocycles. The number of rotatable bonds is 5. The van der Waals surface area contributed by atoms with Gasteiger partial charge < -0.3 is 14.5 Å². The Morgan fingerprint density at radius 1 is 1.00 bits per heavy atom. The van der Waals surface area contributed by atoms with Crippen molar-refractivity contribution in [3.8, 4) is 5.75 Å². The number of nitrogens with zero attached hydrogens (tertiary/aromatic N) is 3. The van der Waals surface area contributed by atoms with Gasteiger partial charge in [-0.05, 0) is 43.2 Å².